The minimum Gasteiger partial charge on any atom is -0.491 e. The summed E-state index contributed by atoms with van der Waals surface area (Å²) < 4.78 is 5.62. The average Bonchev–Trinajstić information content (AvgIpc) is 2.49. The second kappa shape index (κ2) is 12.4. The lowest BCUT2D eigenvalue weighted by molar-refractivity contribution is -0.122. The van der Waals surface area contributed by atoms with Gasteiger partial charge >= 0.3 is 0 Å². The minimum absolute atomic E-state index is 0. The topological polar surface area (TPSA) is 53.6 Å². The molecule has 1 aromatic carbocycles. The van der Waals surface area contributed by atoms with Crippen LogP contribution in [0.15, 0.2) is 24.3 Å². The molecule has 1 amide bonds. The van der Waals surface area contributed by atoms with Crippen molar-refractivity contribution in [1.29, 1.82) is 0 Å². The van der Waals surface area contributed by atoms with Crippen LogP contribution in [0.5, 0.6) is 5.75 Å². The molecule has 1 aliphatic heterocycles. The SMILES string of the molecule is CC(C)Oc1ccc(CCNC(=O)CN2CCNCC2)cc1.Cl.Cl. The summed E-state index contributed by atoms with van der Waals surface area (Å²) in [4.78, 5) is 14.1. The van der Waals surface area contributed by atoms with E-state index in [1.807, 2.05) is 26.0 Å². The summed E-state index contributed by atoms with van der Waals surface area (Å²) >= 11 is 0. The molecule has 0 radical (unpaired) electrons. The molecule has 1 fully saturated rings. The van der Waals surface area contributed by atoms with Gasteiger partial charge in [0.1, 0.15) is 5.75 Å². The molecule has 0 spiro atoms. The second-order valence-corrected chi connectivity index (χ2v) is 5.94. The first kappa shape index (κ1) is 23.0. The van der Waals surface area contributed by atoms with Gasteiger partial charge in [-0.25, -0.2) is 0 Å². The third kappa shape index (κ3) is 8.73. The quantitative estimate of drug-likeness (QED) is 0.761. The van der Waals surface area contributed by atoms with Gasteiger partial charge in [0.15, 0.2) is 0 Å². The molecule has 0 bridgehead atoms. The zero-order valence-electron chi connectivity index (χ0n) is 14.4. The van der Waals surface area contributed by atoms with Crippen molar-refractivity contribution in [2.75, 3.05) is 39.3 Å². The third-order valence-corrected chi connectivity index (χ3v) is 3.61. The Labute approximate surface area is 157 Å². The van der Waals surface area contributed by atoms with E-state index in [0.29, 0.717) is 13.1 Å². The lowest BCUT2D eigenvalue weighted by atomic mass is 10.1. The maximum atomic E-state index is 11.9. The van der Waals surface area contributed by atoms with E-state index < -0.39 is 0 Å². The molecule has 0 aromatic heterocycles. The van der Waals surface area contributed by atoms with Gasteiger partial charge in [-0.3, -0.25) is 9.69 Å². The molecule has 5 nitrogen and oxygen atoms in total. The molecule has 0 saturated carbocycles. The molecular weight excluding hydrogens is 349 g/mol. The lowest BCUT2D eigenvalue weighted by Crippen LogP contribution is -2.47. The zero-order valence-corrected chi connectivity index (χ0v) is 16.0. The normalized spacial score (nSPS) is 14.5. The molecule has 1 saturated heterocycles. The predicted molar refractivity (Wildman–Crippen MR) is 103 cm³/mol. The first-order valence-corrected chi connectivity index (χ1v) is 8.09. The number of nitrogens with one attached hydrogen (secondary N) is 2. The second-order valence-electron chi connectivity index (χ2n) is 5.94. The summed E-state index contributed by atoms with van der Waals surface area (Å²) in [6.07, 6.45) is 1.03. The van der Waals surface area contributed by atoms with Crippen molar-refractivity contribution in [3.05, 3.63) is 29.8 Å². The molecular formula is C17H29Cl2N3O2. The van der Waals surface area contributed by atoms with Gasteiger partial charge in [0.25, 0.3) is 0 Å². The molecule has 24 heavy (non-hydrogen) atoms. The molecule has 0 unspecified atom stereocenters. The largest absolute Gasteiger partial charge is 0.491 e. The highest BCUT2D eigenvalue weighted by atomic mass is 35.5. The smallest absolute Gasteiger partial charge is 0.234 e. The van der Waals surface area contributed by atoms with Gasteiger partial charge < -0.3 is 15.4 Å². The van der Waals surface area contributed by atoms with Crippen LogP contribution in [0.2, 0.25) is 0 Å². The van der Waals surface area contributed by atoms with Crippen LogP contribution in [0.3, 0.4) is 0 Å². The molecule has 138 valence electrons. The summed E-state index contributed by atoms with van der Waals surface area (Å²) in [5, 5.41) is 6.28. The van der Waals surface area contributed by atoms with Gasteiger partial charge in [-0.1, -0.05) is 12.1 Å². The summed E-state index contributed by atoms with van der Waals surface area (Å²) in [5.74, 6) is 1.00. The molecule has 2 N–H and O–H groups in total. The monoisotopic (exact) mass is 377 g/mol. The van der Waals surface area contributed by atoms with E-state index in [-0.39, 0.29) is 36.8 Å². The van der Waals surface area contributed by atoms with Crippen LogP contribution in [-0.2, 0) is 11.2 Å². The van der Waals surface area contributed by atoms with E-state index in [0.717, 1.165) is 38.3 Å². The van der Waals surface area contributed by atoms with Gasteiger partial charge in [0.05, 0.1) is 12.6 Å². The van der Waals surface area contributed by atoms with E-state index in [2.05, 4.69) is 27.7 Å². The van der Waals surface area contributed by atoms with Gasteiger partial charge in [0.2, 0.25) is 5.91 Å². The van der Waals surface area contributed by atoms with Crippen LogP contribution in [0.4, 0.5) is 0 Å². The van der Waals surface area contributed by atoms with Gasteiger partial charge in [-0.15, -0.1) is 24.8 Å². The number of amides is 1. The van der Waals surface area contributed by atoms with Crippen molar-refractivity contribution in [3.8, 4) is 5.75 Å². The summed E-state index contributed by atoms with van der Waals surface area (Å²) in [7, 11) is 0. The number of nitrogens with zero attached hydrogens (tertiary/aromatic N) is 1. The van der Waals surface area contributed by atoms with Gasteiger partial charge in [-0.05, 0) is 38.0 Å². The van der Waals surface area contributed by atoms with E-state index in [1.165, 1.54) is 5.56 Å². The fourth-order valence-electron chi connectivity index (χ4n) is 2.48. The van der Waals surface area contributed by atoms with E-state index in [1.54, 1.807) is 0 Å². The van der Waals surface area contributed by atoms with Crippen LogP contribution >= 0.6 is 24.8 Å². The lowest BCUT2D eigenvalue weighted by Gasteiger charge is -2.26. The minimum atomic E-state index is 0. The Morgan fingerprint density at radius 2 is 1.83 bits per heavy atom. The van der Waals surface area contributed by atoms with Gasteiger partial charge in [-0.2, -0.15) is 0 Å². The summed E-state index contributed by atoms with van der Waals surface area (Å²) in [5.41, 5.74) is 1.21. The van der Waals surface area contributed by atoms with Crippen LogP contribution in [-0.4, -0.2) is 56.2 Å². The molecule has 1 heterocycles. The molecule has 0 atom stereocenters. The predicted octanol–water partition coefficient (Wildman–Crippen LogP) is 1.88. The Kier molecular flexibility index (Phi) is 11.8. The highest BCUT2D eigenvalue weighted by molar-refractivity contribution is 5.85. The first-order valence-electron chi connectivity index (χ1n) is 8.09. The molecule has 2 rings (SSSR count). The number of carbonyl (C=O) groups excluding carboxylic acids is 1. The van der Waals surface area contributed by atoms with Crippen molar-refractivity contribution in [2.24, 2.45) is 0 Å². The fourth-order valence-corrected chi connectivity index (χ4v) is 2.48. The fraction of sp³-hybridized carbons (Fsp3) is 0.588. The molecule has 1 aliphatic rings. The maximum absolute atomic E-state index is 11.9. The van der Waals surface area contributed by atoms with Crippen LogP contribution in [0, 0.1) is 0 Å². The third-order valence-electron chi connectivity index (χ3n) is 3.61. The van der Waals surface area contributed by atoms with Crippen molar-refractivity contribution in [1.82, 2.24) is 15.5 Å². The van der Waals surface area contributed by atoms with Crippen LogP contribution in [0.1, 0.15) is 19.4 Å². The number of hydrogen-bond donors (Lipinski definition) is 2. The standard InChI is InChI=1S/C17H27N3O2.2ClH/c1-14(2)22-16-5-3-15(4-6-16)7-8-19-17(21)13-20-11-9-18-10-12-20;;/h3-6,14,18H,7-13H2,1-2H3,(H,19,21);2*1H. The van der Waals surface area contributed by atoms with Crippen molar-refractivity contribution < 1.29 is 9.53 Å². The van der Waals surface area contributed by atoms with E-state index in [9.17, 15) is 4.79 Å². The highest BCUT2D eigenvalue weighted by Gasteiger charge is 2.12. The van der Waals surface area contributed by atoms with Crippen LogP contribution in [0.25, 0.3) is 0 Å². The Balaban J connectivity index is 0.00000264. The summed E-state index contributed by atoms with van der Waals surface area (Å²) in [6.45, 7) is 9.05. The number of ether oxygens (including phenoxy) is 1. The number of piperazine rings is 1. The molecule has 7 heteroatoms. The number of hydrogen-bond acceptors (Lipinski definition) is 4. The van der Waals surface area contributed by atoms with Gasteiger partial charge in [0, 0.05) is 32.7 Å². The number of carbonyl (C=O) groups is 1. The Morgan fingerprint density at radius 1 is 1.21 bits per heavy atom. The summed E-state index contributed by atoms with van der Waals surface area (Å²) in [6, 6.07) is 8.08. The number of halogens is 2. The zero-order chi connectivity index (χ0) is 15.8. The molecule has 0 aliphatic carbocycles. The van der Waals surface area contributed by atoms with Crippen molar-refractivity contribution in [3.63, 3.8) is 0 Å². The van der Waals surface area contributed by atoms with Crippen molar-refractivity contribution in [2.45, 2.75) is 26.4 Å². The Hall–Kier alpha value is -1.01. The van der Waals surface area contributed by atoms with E-state index in [4.69, 9.17) is 4.74 Å². The Morgan fingerprint density at radius 3 is 2.42 bits per heavy atom. The van der Waals surface area contributed by atoms with Crippen LogP contribution < -0.4 is 15.4 Å². The maximum Gasteiger partial charge on any atom is 0.234 e. The Bertz CT molecular complexity index is 463. The highest BCUT2D eigenvalue weighted by Crippen LogP contribution is 2.13. The number of benzene rings is 1. The van der Waals surface area contributed by atoms with E-state index >= 15 is 0 Å². The first-order chi connectivity index (χ1) is 10.6. The average molecular weight is 378 g/mol. The van der Waals surface area contributed by atoms with Crippen molar-refractivity contribution >= 4 is 30.7 Å². The molecule has 1 aromatic rings. The number of rotatable bonds is 7.